The van der Waals surface area contributed by atoms with E-state index in [0.29, 0.717) is 16.5 Å². The Kier molecular flexibility index (Phi) is 4.22. The van der Waals surface area contributed by atoms with Crippen molar-refractivity contribution in [3.8, 4) is 0 Å². The van der Waals surface area contributed by atoms with Gasteiger partial charge in [0.2, 0.25) is 0 Å². The molecule has 0 radical (unpaired) electrons. The Balaban J connectivity index is 2.58. The van der Waals surface area contributed by atoms with E-state index in [1.54, 1.807) is 17.5 Å². The Morgan fingerprint density at radius 3 is 2.69 bits per heavy atom. The fourth-order valence-electron chi connectivity index (χ4n) is 0.928. The summed E-state index contributed by atoms with van der Waals surface area (Å²) in [4.78, 5) is 0. The largest absolute Gasteiger partial charge is 0.223 e. The molecular weight excluding hydrogens is 228 g/mol. The lowest BCUT2D eigenvalue weighted by molar-refractivity contribution is 0.595. The highest BCUT2D eigenvalue weighted by Crippen LogP contribution is 2.18. The molecule has 2 nitrogen and oxygen atoms in total. The van der Waals surface area contributed by atoms with E-state index in [0.717, 1.165) is 6.42 Å². The van der Waals surface area contributed by atoms with Crippen molar-refractivity contribution < 1.29 is 8.42 Å². The fraction of sp³-hybridized carbons (Fsp3) is 0.500. The van der Waals surface area contributed by atoms with E-state index in [9.17, 15) is 8.42 Å². The Morgan fingerprint density at radius 1 is 1.38 bits per heavy atom. The minimum absolute atomic E-state index is 0.209. The first-order chi connectivity index (χ1) is 6.17. The highest BCUT2D eigenvalue weighted by molar-refractivity contribution is 7.93. The highest BCUT2D eigenvalue weighted by Gasteiger charge is 2.14. The molecule has 5 heteroatoms. The SMILES string of the molecule is O=S(=O)(CCCCCl)c1cccs1. The number of sulfone groups is 1. The number of alkyl halides is 1. The summed E-state index contributed by atoms with van der Waals surface area (Å²) >= 11 is 6.73. The lowest BCUT2D eigenvalue weighted by Gasteiger charge is -1.99. The molecule has 1 aromatic rings. The van der Waals surface area contributed by atoms with Gasteiger partial charge in [-0.2, -0.15) is 0 Å². The molecule has 0 aliphatic rings. The second-order valence-corrected chi connectivity index (χ2v) is 6.31. The maximum atomic E-state index is 11.5. The molecule has 1 heterocycles. The van der Waals surface area contributed by atoms with Crippen molar-refractivity contribution in [3.63, 3.8) is 0 Å². The fourth-order valence-corrected chi connectivity index (χ4v) is 3.64. The molecule has 0 aromatic carbocycles. The minimum atomic E-state index is -3.03. The van der Waals surface area contributed by atoms with E-state index in [4.69, 9.17) is 11.6 Å². The van der Waals surface area contributed by atoms with E-state index >= 15 is 0 Å². The first kappa shape index (κ1) is 11.0. The van der Waals surface area contributed by atoms with Gasteiger partial charge in [-0.1, -0.05) is 6.07 Å². The van der Waals surface area contributed by atoms with Crippen LogP contribution in [0.3, 0.4) is 0 Å². The number of halogens is 1. The number of hydrogen-bond acceptors (Lipinski definition) is 3. The van der Waals surface area contributed by atoms with Gasteiger partial charge in [-0.15, -0.1) is 22.9 Å². The van der Waals surface area contributed by atoms with Gasteiger partial charge < -0.3 is 0 Å². The summed E-state index contributed by atoms with van der Waals surface area (Å²) in [5.74, 6) is 0.736. The molecule has 0 saturated heterocycles. The quantitative estimate of drug-likeness (QED) is 0.584. The highest BCUT2D eigenvalue weighted by atomic mass is 35.5. The summed E-state index contributed by atoms with van der Waals surface area (Å²) in [7, 11) is -3.03. The molecular formula is C8H11ClO2S2. The van der Waals surface area contributed by atoms with Crippen LogP contribution in [-0.4, -0.2) is 20.1 Å². The molecule has 0 N–H and O–H groups in total. The molecule has 0 bridgehead atoms. The van der Waals surface area contributed by atoms with Crippen LogP contribution in [-0.2, 0) is 9.84 Å². The lowest BCUT2D eigenvalue weighted by atomic mass is 10.4. The molecule has 0 saturated carbocycles. The molecule has 0 spiro atoms. The summed E-state index contributed by atoms with van der Waals surface area (Å²) in [5.41, 5.74) is 0. The van der Waals surface area contributed by atoms with Gasteiger partial charge in [0.15, 0.2) is 9.84 Å². The maximum Gasteiger partial charge on any atom is 0.187 e. The second kappa shape index (κ2) is 4.98. The van der Waals surface area contributed by atoms with Gasteiger partial charge in [0, 0.05) is 5.88 Å². The van der Waals surface area contributed by atoms with Crippen molar-refractivity contribution in [2.75, 3.05) is 11.6 Å². The van der Waals surface area contributed by atoms with E-state index < -0.39 is 9.84 Å². The Morgan fingerprint density at radius 2 is 2.15 bits per heavy atom. The monoisotopic (exact) mass is 238 g/mol. The lowest BCUT2D eigenvalue weighted by Crippen LogP contribution is -2.04. The second-order valence-electron chi connectivity index (χ2n) is 2.65. The maximum absolute atomic E-state index is 11.5. The van der Waals surface area contributed by atoms with Crippen molar-refractivity contribution in [2.24, 2.45) is 0 Å². The van der Waals surface area contributed by atoms with Crippen LogP contribution in [0.1, 0.15) is 12.8 Å². The van der Waals surface area contributed by atoms with Gasteiger partial charge in [-0.25, -0.2) is 8.42 Å². The van der Waals surface area contributed by atoms with E-state index in [1.807, 2.05) is 0 Å². The molecule has 0 amide bonds. The Bertz CT molecular complexity index is 329. The van der Waals surface area contributed by atoms with Crippen molar-refractivity contribution in [2.45, 2.75) is 17.1 Å². The van der Waals surface area contributed by atoms with Gasteiger partial charge in [0.25, 0.3) is 0 Å². The van der Waals surface area contributed by atoms with Crippen molar-refractivity contribution >= 4 is 32.8 Å². The smallest absolute Gasteiger partial charge is 0.187 e. The van der Waals surface area contributed by atoms with Gasteiger partial charge >= 0.3 is 0 Å². The third-order valence-corrected chi connectivity index (χ3v) is 5.15. The van der Waals surface area contributed by atoms with Gasteiger partial charge in [-0.05, 0) is 24.3 Å². The summed E-state index contributed by atoms with van der Waals surface area (Å²) < 4.78 is 23.5. The number of unbranched alkanes of at least 4 members (excludes halogenated alkanes) is 1. The topological polar surface area (TPSA) is 34.1 Å². The summed E-state index contributed by atoms with van der Waals surface area (Å²) in [6, 6.07) is 3.39. The minimum Gasteiger partial charge on any atom is -0.223 e. The van der Waals surface area contributed by atoms with Crippen LogP contribution >= 0.6 is 22.9 Å². The predicted octanol–water partition coefficient (Wildman–Crippen LogP) is 2.54. The molecule has 0 aliphatic carbocycles. The Hall–Kier alpha value is -0.0600. The van der Waals surface area contributed by atoms with Gasteiger partial charge in [0.1, 0.15) is 4.21 Å². The van der Waals surface area contributed by atoms with Crippen molar-refractivity contribution in [1.29, 1.82) is 0 Å². The molecule has 74 valence electrons. The third-order valence-electron chi connectivity index (χ3n) is 1.60. The van der Waals surface area contributed by atoms with Crippen molar-refractivity contribution in [1.82, 2.24) is 0 Å². The van der Waals surface area contributed by atoms with E-state index in [2.05, 4.69) is 0 Å². The molecule has 13 heavy (non-hydrogen) atoms. The molecule has 0 aliphatic heterocycles. The van der Waals surface area contributed by atoms with E-state index in [1.165, 1.54) is 11.3 Å². The van der Waals surface area contributed by atoms with Gasteiger partial charge in [-0.3, -0.25) is 0 Å². The van der Waals surface area contributed by atoms with Crippen LogP contribution in [0.4, 0.5) is 0 Å². The number of rotatable bonds is 5. The molecule has 0 unspecified atom stereocenters. The van der Waals surface area contributed by atoms with Gasteiger partial charge in [0.05, 0.1) is 5.75 Å². The van der Waals surface area contributed by atoms with Crippen LogP contribution in [0.15, 0.2) is 21.7 Å². The molecule has 1 rings (SSSR count). The van der Waals surface area contributed by atoms with Crippen LogP contribution in [0.25, 0.3) is 0 Å². The number of hydrogen-bond donors (Lipinski definition) is 0. The molecule has 1 aromatic heterocycles. The van der Waals surface area contributed by atoms with Crippen molar-refractivity contribution in [3.05, 3.63) is 17.5 Å². The zero-order chi connectivity index (χ0) is 9.73. The number of thiophene rings is 1. The standard InChI is InChI=1S/C8H11ClO2S2/c9-5-1-2-7-13(10,11)8-4-3-6-12-8/h3-4,6H,1-2,5,7H2. The zero-order valence-electron chi connectivity index (χ0n) is 7.07. The average Bonchev–Trinajstić information content (AvgIpc) is 2.56. The van der Waals surface area contributed by atoms with Crippen LogP contribution in [0, 0.1) is 0 Å². The summed E-state index contributed by atoms with van der Waals surface area (Å²) in [6.07, 6.45) is 1.40. The zero-order valence-corrected chi connectivity index (χ0v) is 9.46. The summed E-state index contributed by atoms with van der Waals surface area (Å²) in [6.45, 7) is 0. The Labute approximate surface area is 87.5 Å². The summed E-state index contributed by atoms with van der Waals surface area (Å²) in [5, 5.41) is 1.77. The average molecular weight is 239 g/mol. The predicted molar refractivity (Wildman–Crippen MR) is 56.3 cm³/mol. The molecule has 0 fully saturated rings. The normalized spacial score (nSPS) is 11.8. The third kappa shape index (κ3) is 3.29. The van der Waals surface area contributed by atoms with Crippen LogP contribution in [0.2, 0.25) is 0 Å². The molecule has 0 atom stereocenters. The van der Waals surface area contributed by atoms with Crippen LogP contribution < -0.4 is 0 Å². The first-order valence-corrected chi connectivity index (χ1v) is 7.06. The van der Waals surface area contributed by atoms with Crippen LogP contribution in [0.5, 0.6) is 0 Å². The van der Waals surface area contributed by atoms with E-state index in [-0.39, 0.29) is 5.75 Å². The first-order valence-electron chi connectivity index (χ1n) is 3.99.